The van der Waals surface area contributed by atoms with Crippen LogP contribution in [0.25, 0.3) is 16.6 Å². The maximum Gasteiger partial charge on any atom is 0.282 e. The zero-order valence-corrected chi connectivity index (χ0v) is 21.6. The number of fused-ring (bicyclic) bond motifs is 2. The van der Waals surface area contributed by atoms with Gasteiger partial charge in [0, 0.05) is 42.9 Å². The fraction of sp³-hybridized carbons (Fsp3) is 0.310. The Kier molecular flexibility index (Phi) is 5.08. The normalized spacial score (nSPS) is 25.7. The number of hydrogen-bond acceptors (Lipinski definition) is 4. The molecule has 1 aromatic heterocycles. The maximum atomic E-state index is 13.5. The number of aromatic nitrogens is 2. The minimum atomic E-state index is -3.62. The molecule has 4 aromatic rings. The number of nitriles is 1. The van der Waals surface area contributed by atoms with Crippen LogP contribution in [-0.4, -0.2) is 53.0 Å². The highest BCUT2D eigenvalue weighted by Crippen LogP contribution is 2.70. The molecule has 0 radical (unpaired) electrons. The highest BCUT2D eigenvalue weighted by atomic mass is 32.2. The average molecular weight is 528 g/mol. The van der Waals surface area contributed by atoms with Crippen LogP contribution in [0.2, 0.25) is 0 Å². The van der Waals surface area contributed by atoms with E-state index in [1.165, 1.54) is 22.0 Å². The van der Waals surface area contributed by atoms with Gasteiger partial charge in [0.15, 0.2) is 0 Å². The van der Waals surface area contributed by atoms with E-state index in [0.717, 1.165) is 27.7 Å². The monoisotopic (exact) mass is 527 g/mol. The molecule has 3 aromatic carbocycles. The minimum absolute atomic E-state index is 0.163. The summed E-state index contributed by atoms with van der Waals surface area (Å²) in [6, 6.07) is 23.0. The molecule has 1 aliphatic carbocycles. The van der Waals surface area contributed by atoms with Crippen LogP contribution in [0.3, 0.4) is 0 Å². The second kappa shape index (κ2) is 8.21. The first kappa shape index (κ1) is 23.5. The number of piperidine rings is 1. The summed E-state index contributed by atoms with van der Waals surface area (Å²) in [5.41, 5.74) is 4.83. The Balaban J connectivity index is 1.29. The molecule has 0 unspecified atom stereocenters. The zero-order chi connectivity index (χ0) is 26.2. The average Bonchev–Trinajstić information content (AvgIpc) is 3.15. The Morgan fingerprint density at radius 3 is 2.47 bits per heavy atom. The lowest BCUT2D eigenvalue weighted by Gasteiger charge is -2.37. The van der Waals surface area contributed by atoms with Crippen LogP contribution in [0.1, 0.15) is 22.6 Å². The van der Waals surface area contributed by atoms with E-state index in [9.17, 15) is 12.8 Å². The number of aryl methyl sites for hydroxylation is 1. The lowest BCUT2D eigenvalue weighted by atomic mass is 9.87. The molecule has 3 fully saturated rings. The lowest BCUT2D eigenvalue weighted by molar-refractivity contribution is 0.227. The number of hydrogen-bond donors (Lipinski definition) is 0. The van der Waals surface area contributed by atoms with Gasteiger partial charge in [-0.25, -0.2) is 9.07 Å². The summed E-state index contributed by atoms with van der Waals surface area (Å²) in [4.78, 5) is 0. The smallest absolute Gasteiger partial charge is 0.233 e. The van der Waals surface area contributed by atoms with Gasteiger partial charge in [0.25, 0.3) is 10.2 Å². The first-order valence-electron chi connectivity index (χ1n) is 12.8. The predicted octanol–water partition coefficient (Wildman–Crippen LogP) is 4.14. The van der Waals surface area contributed by atoms with E-state index in [2.05, 4.69) is 42.4 Å². The maximum absolute atomic E-state index is 13.5. The molecule has 0 bridgehead atoms. The van der Waals surface area contributed by atoms with Crippen LogP contribution in [0, 0.1) is 35.9 Å². The van der Waals surface area contributed by atoms with Gasteiger partial charge in [-0.1, -0.05) is 30.3 Å². The van der Waals surface area contributed by atoms with Crippen LogP contribution >= 0.6 is 0 Å². The molecule has 0 amide bonds. The van der Waals surface area contributed by atoms with Crippen molar-refractivity contribution in [3.05, 3.63) is 95.4 Å². The van der Waals surface area contributed by atoms with E-state index >= 15 is 0 Å². The second-order valence-corrected chi connectivity index (χ2v) is 12.7. The number of benzene rings is 3. The van der Waals surface area contributed by atoms with Crippen molar-refractivity contribution >= 4 is 21.1 Å². The van der Waals surface area contributed by atoms with Crippen LogP contribution in [0.4, 0.5) is 4.39 Å². The Labute approximate surface area is 220 Å². The first-order chi connectivity index (χ1) is 18.3. The molecular weight excluding hydrogens is 501 g/mol. The predicted molar refractivity (Wildman–Crippen MR) is 141 cm³/mol. The third-order valence-corrected chi connectivity index (χ3v) is 10.6. The quantitative estimate of drug-likeness (QED) is 0.391. The fourth-order valence-corrected chi connectivity index (χ4v) is 8.52. The third-order valence-electron chi connectivity index (χ3n) is 8.68. The molecule has 3 atom stereocenters. The summed E-state index contributed by atoms with van der Waals surface area (Å²) < 4.78 is 45.2. The van der Waals surface area contributed by atoms with Gasteiger partial charge in [-0.15, -0.1) is 0 Å². The molecule has 2 saturated heterocycles. The van der Waals surface area contributed by atoms with E-state index in [1.54, 1.807) is 16.4 Å². The summed E-state index contributed by atoms with van der Waals surface area (Å²) in [6.07, 6.45) is 1.82. The number of nitrogens with zero attached hydrogens (tertiary/aromatic N) is 5. The van der Waals surface area contributed by atoms with Crippen LogP contribution in [0.15, 0.2) is 72.9 Å². The Morgan fingerprint density at radius 1 is 1.03 bits per heavy atom. The first-order valence-corrected chi connectivity index (χ1v) is 14.2. The fourth-order valence-electron chi connectivity index (χ4n) is 6.74. The van der Waals surface area contributed by atoms with Gasteiger partial charge in [0.05, 0.1) is 29.4 Å². The minimum Gasteiger partial charge on any atom is -0.233 e. The van der Waals surface area contributed by atoms with Gasteiger partial charge < -0.3 is 0 Å². The van der Waals surface area contributed by atoms with E-state index < -0.39 is 10.2 Å². The molecule has 3 heterocycles. The molecule has 192 valence electrons. The number of halogens is 1. The highest BCUT2D eigenvalue weighted by molar-refractivity contribution is 7.86. The van der Waals surface area contributed by atoms with Crippen molar-refractivity contribution in [2.75, 3.05) is 26.2 Å². The van der Waals surface area contributed by atoms with Crippen molar-refractivity contribution in [2.45, 2.75) is 18.3 Å². The zero-order valence-electron chi connectivity index (χ0n) is 20.8. The van der Waals surface area contributed by atoms with Crippen molar-refractivity contribution in [1.29, 1.82) is 5.26 Å². The summed E-state index contributed by atoms with van der Waals surface area (Å²) in [5, 5.41) is 14.7. The van der Waals surface area contributed by atoms with E-state index in [-0.39, 0.29) is 42.1 Å². The van der Waals surface area contributed by atoms with Gasteiger partial charge in [0.2, 0.25) is 0 Å². The topological polar surface area (TPSA) is 82.2 Å². The van der Waals surface area contributed by atoms with Crippen LogP contribution < -0.4 is 0 Å². The van der Waals surface area contributed by atoms with Crippen molar-refractivity contribution < 1.29 is 12.8 Å². The number of rotatable bonds is 5. The van der Waals surface area contributed by atoms with Crippen molar-refractivity contribution in [3.8, 4) is 11.8 Å². The largest absolute Gasteiger partial charge is 0.282 e. The molecule has 38 heavy (non-hydrogen) atoms. The van der Waals surface area contributed by atoms with Crippen LogP contribution in [-0.2, 0) is 15.6 Å². The van der Waals surface area contributed by atoms with Gasteiger partial charge in [0.1, 0.15) is 5.82 Å². The highest BCUT2D eigenvalue weighted by Gasteiger charge is 2.72. The molecule has 0 N–H and O–H groups in total. The Hall–Kier alpha value is -3.58. The molecule has 7 rings (SSSR count). The SMILES string of the molecule is Cc1cc2c(cnn2-c2ccc(F)cc2)cc1[C@@]12CN(S(=O)(=O)N3CC(C#N)C3)C[C@@H]1[C@H]2c1ccccc1. The summed E-state index contributed by atoms with van der Waals surface area (Å²) in [5.74, 6) is -0.135. The molecule has 9 heteroatoms. The third kappa shape index (κ3) is 3.30. The summed E-state index contributed by atoms with van der Waals surface area (Å²) in [7, 11) is -3.62. The van der Waals surface area contributed by atoms with Gasteiger partial charge in [-0.3, -0.25) is 0 Å². The molecule has 3 aliphatic rings. The summed E-state index contributed by atoms with van der Waals surface area (Å²) >= 11 is 0. The Bertz CT molecular complexity index is 1710. The van der Waals surface area contributed by atoms with Crippen LogP contribution in [0.5, 0.6) is 0 Å². The standard InChI is InChI=1S/C29H26FN5O2S/c1-19-11-27-22(14-32-35(27)24-9-7-23(30)8-10-24)12-25(19)29-18-34(38(36,37)33-15-20(13-31)16-33)17-26(29)28(29)21-5-3-2-4-6-21/h2-12,14,20,26,28H,15-18H2,1H3/t26-,28-,29+/m1/s1. The van der Waals surface area contributed by atoms with E-state index in [4.69, 9.17) is 5.26 Å². The molecule has 2 aliphatic heterocycles. The van der Waals surface area contributed by atoms with Crippen molar-refractivity contribution in [1.82, 2.24) is 18.4 Å². The molecular formula is C29H26FN5O2S. The Morgan fingerprint density at radius 2 is 1.76 bits per heavy atom. The van der Waals surface area contributed by atoms with E-state index in [0.29, 0.717) is 13.1 Å². The summed E-state index contributed by atoms with van der Waals surface area (Å²) in [6.45, 7) is 3.48. The van der Waals surface area contributed by atoms with Crippen molar-refractivity contribution in [2.24, 2.45) is 11.8 Å². The molecule has 1 saturated carbocycles. The van der Waals surface area contributed by atoms with Gasteiger partial charge in [-0.05, 0) is 65.9 Å². The van der Waals surface area contributed by atoms with Crippen molar-refractivity contribution in [3.63, 3.8) is 0 Å². The molecule has 7 nitrogen and oxygen atoms in total. The van der Waals surface area contributed by atoms with E-state index in [1.807, 2.05) is 29.1 Å². The van der Waals surface area contributed by atoms with Gasteiger partial charge in [-0.2, -0.15) is 27.4 Å². The van der Waals surface area contributed by atoms with Gasteiger partial charge >= 0.3 is 0 Å². The second-order valence-electron chi connectivity index (χ2n) is 10.7. The lowest BCUT2D eigenvalue weighted by Crippen LogP contribution is -2.55. The molecule has 0 spiro atoms.